The largest absolute Gasteiger partial charge is 0.516 e. The van der Waals surface area contributed by atoms with Crippen LogP contribution in [-0.2, 0) is 0 Å². The van der Waals surface area contributed by atoms with Gasteiger partial charge in [0.05, 0.1) is 12.4 Å². The van der Waals surface area contributed by atoms with Gasteiger partial charge in [0, 0.05) is 0 Å². The molecule has 2 nitrogen and oxygen atoms in total. The van der Waals surface area contributed by atoms with Crippen molar-refractivity contribution < 1.29 is 10.2 Å². The molecule has 0 aliphatic rings. The Balaban J connectivity index is 2.97. The molecule has 0 saturated carbocycles. The molecule has 0 aromatic rings. The lowest BCUT2D eigenvalue weighted by Gasteiger charge is -1.93. The maximum atomic E-state index is 8.52. The van der Waals surface area contributed by atoms with Crippen molar-refractivity contribution in [2.75, 3.05) is 0 Å². The van der Waals surface area contributed by atoms with Crippen LogP contribution in [0.2, 0.25) is 0 Å². The van der Waals surface area contributed by atoms with Gasteiger partial charge in [0.2, 0.25) is 0 Å². The molecule has 2 N–H and O–H groups in total. The molecule has 1 unspecified atom stereocenters. The molecule has 0 aromatic heterocycles. The molecule has 0 aliphatic heterocycles. The zero-order chi connectivity index (χ0) is 5.70. The summed E-state index contributed by atoms with van der Waals surface area (Å²) in [5.74, 6) is 0. The van der Waals surface area contributed by atoms with Crippen molar-refractivity contribution >= 4 is 0 Å². The van der Waals surface area contributed by atoms with Gasteiger partial charge in [-0.3, -0.25) is 0 Å². The standard InChI is InChI=1S/C5H10O2/c1-5(7)3-2-4-6/h2,4-7H,3H2,1H3/b4-2-. The van der Waals surface area contributed by atoms with E-state index in [4.69, 9.17) is 10.2 Å². The third kappa shape index (κ3) is 5.50. The predicted octanol–water partition coefficient (Wildman–Crippen LogP) is 0.829. The quantitative estimate of drug-likeness (QED) is 0.507. The molecule has 0 heterocycles. The smallest absolute Gasteiger partial charge is 0.0752 e. The molecule has 0 rings (SSSR count). The molecular weight excluding hydrogens is 92.1 g/mol. The van der Waals surface area contributed by atoms with Crippen LogP contribution in [0.1, 0.15) is 13.3 Å². The average molecular weight is 102 g/mol. The number of hydrogen-bond donors (Lipinski definition) is 2. The molecule has 0 aromatic carbocycles. The van der Waals surface area contributed by atoms with E-state index in [1.54, 1.807) is 6.92 Å². The number of aliphatic hydroxyl groups is 2. The summed E-state index contributed by atoms with van der Waals surface area (Å²) >= 11 is 0. The molecule has 7 heavy (non-hydrogen) atoms. The van der Waals surface area contributed by atoms with Gasteiger partial charge in [0.1, 0.15) is 0 Å². The highest BCUT2D eigenvalue weighted by Gasteiger charge is 1.86. The van der Waals surface area contributed by atoms with Crippen LogP contribution in [0.5, 0.6) is 0 Å². The molecule has 0 radical (unpaired) electrons. The molecule has 0 fully saturated rings. The first-order valence-electron chi connectivity index (χ1n) is 2.24. The zero-order valence-corrected chi connectivity index (χ0v) is 4.33. The first-order valence-corrected chi connectivity index (χ1v) is 2.24. The SMILES string of the molecule is CC(O)C/C=C\O. The van der Waals surface area contributed by atoms with E-state index in [2.05, 4.69) is 0 Å². The minimum Gasteiger partial charge on any atom is -0.516 e. The molecule has 2 heteroatoms. The molecule has 0 spiro atoms. The summed E-state index contributed by atoms with van der Waals surface area (Å²) < 4.78 is 0. The second-order valence-corrected chi connectivity index (χ2v) is 1.47. The second-order valence-electron chi connectivity index (χ2n) is 1.47. The molecule has 0 saturated heterocycles. The van der Waals surface area contributed by atoms with Crippen molar-refractivity contribution in [3.05, 3.63) is 12.3 Å². The van der Waals surface area contributed by atoms with Crippen LogP contribution >= 0.6 is 0 Å². The van der Waals surface area contributed by atoms with Crippen LogP contribution in [-0.4, -0.2) is 16.3 Å². The minimum absolute atomic E-state index is 0.344. The van der Waals surface area contributed by atoms with Gasteiger partial charge in [0.25, 0.3) is 0 Å². The van der Waals surface area contributed by atoms with E-state index in [0.717, 1.165) is 6.26 Å². The summed E-state index contributed by atoms with van der Waals surface area (Å²) in [6, 6.07) is 0. The van der Waals surface area contributed by atoms with E-state index in [1.165, 1.54) is 6.08 Å². The van der Waals surface area contributed by atoms with E-state index in [0.29, 0.717) is 6.42 Å². The topological polar surface area (TPSA) is 40.5 Å². The van der Waals surface area contributed by atoms with E-state index in [-0.39, 0.29) is 6.10 Å². The first-order chi connectivity index (χ1) is 3.27. The van der Waals surface area contributed by atoms with Crippen LogP contribution in [0.4, 0.5) is 0 Å². The Morgan fingerprint density at radius 1 is 1.71 bits per heavy atom. The number of hydrogen-bond acceptors (Lipinski definition) is 2. The van der Waals surface area contributed by atoms with Crippen LogP contribution in [0, 0.1) is 0 Å². The van der Waals surface area contributed by atoms with Crippen molar-refractivity contribution in [1.82, 2.24) is 0 Å². The van der Waals surface area contributed by atoms with Crippen LogP contribution in [0.25, 0.3) is 0 Å². The van der Waals surface area contributed by atoms with Crippen molar-refractivity contribution in [2.24, 2.45) is 0 Å². The van der Waals surface area contributed by atoms with Gasteiger partial charge in [-0.15, -0.1) is 0 Å². The fourth-order valence-electron chi connectivity index (χ4n) is 0.258. The lowest BCUT2D eigenvalue weighted by molar-refractivity contribution is 0.197. The third-order valence-electron chi connectivity index (χ3n) is 0.583. The zero-order valence-electron chi connectivity index (χ0n) is 4.33. The summed E-state index contributed by atoms with van der Waals surface area (Å²) in [6.45, 7) is 1.67. The summed E-state index contributed by atoms with van der Waals surface area (Å²) in [7, 11) is 0. The Morgan fingerprint density at radius 3 is 2.43 bits per heavy atom. The summed E-state index contributed by atoms with van der Waals surface area (Å²) in [5, 5.41) is 16.5. The highest BCUT2D eigenvalue weighted by molar-refractivity contribution is 4.73. The van der Waals surface area contributed by atoms with Crippen LogP contribution < -0.4 is 0 Å². The fourth-order valence-corrected chi connectivity index (χ4v) is 0.258. The van der Waals surface area contributed by atoms with Crippen molar-refractivity contribution in [1.29, 1.82) is 0 Å². The van der Waals surface area contributed by atoms with Crippen molar-refractivity contribution in [3.63, 3.8) is 0 Å². The molecule has 1 atom stereocenters. The molecule has 0 aliphatic carbocycles. The second kappa shape index (κ2) is 3.68. The summed E-state index contributed by atoms with van der Waals surface area (Å²) in [4.78, 5) is 0. The van der Waals surface area contributed by atoms with Gasteiger partial charge in [-0.05, 0) is 19.4 Å². The van der Waals surface area contributed by atoms with Gasteiger partial charge in [-0.1, -0.05) is 0 Å². The Kier molecular flexibility index (Phi) is 3.42. The molecule has 0 amide bonds. The molecule has 0 bridgehead atoms. The third-order valence-corrected chi connectivity index (χ3v) is 0.583. The van der Waals surface area contributed by atoms with Gasteiger partial charge in [-0.2, -0.15) is 0 Å². The van der Waals surface area contributed by atoms with Gasteiger partial charge < -0.3 is 10.2 Å². The normalized spacial score (nSPS) is 15.1. The van der Waals surface area contributed by atoms with E-state index < -0.39 is 0 Å². The molecule has 42 valence electrons. The maximum Gasteiger partial charge on any atom is 0.0752 e. The van der Waals surface area contributed by atoms with E-state index in [9.17, 15) is 0 Å². The van der Waals surface area contributed by atoms with Gasteiger partial charge >= 0.3 is 0 Å². The Labute approximate surface area is 43.1 Å². The van der Waals surface area contributed by atoms with Gasteiger partial charge in [0.15, 0.2) is 0 Å². The maximum absolute atomic E-state index is 8.52. The fraction of sp³-hybridized carbons (Fsp3) is 0.600. The molecular formula is C5H10O2. The van der Waals surface area contributed by atoms with Crippen molar-refractivity contribution in [2.45, 2.75) is 19.4 Å². The van der Waals surface area contributed by atoms with E-state index in [1.807, 2.05) is 0 Å². The van der Waals surface area contributed by atoms with Gasteiger partial charge in [-0.25, -0.2) is 0 Å². The predicted molar refractivity (Wildman–Crippen MR) is 28.1 cm³/mol. The Hall–Kier alpha value is -0.500. The minimum atomic E-state index is -0.344. The summed E-state index contributed by atoms with van der Waals surface area (Å²) in [5.41, 5.74) is 0. The van der Waals surface area contributed by atoms with Crippen LogP contribution in [0.15, 0.2) is 12.3 Å². The lowest BCUT2D eigenvalue weighted by Crippen LogP contribution is -1.94. The van der Waals surface area contributed by atoms with Crippen molar-refractivity contribution in [3.8, 4) is 0 Å². The first kappa shape index (κ1) is 6.50. The van der Waals surface area contributed by atoms with E-state index >= 15 is 0 Å². The highest BCUT2D eigenvalue weighted by atomic mass is 16.3. The Morgan fingerprint density at radius 2 is 2.29 bits per heavy atom. The lowest BCUT2D eigenvalue weighted by atomic mass is 10.3. The Bertz CT molecular complexity index is 57.1. The van der Waals surface area contributed by atoms with Crippen LogP contribution in [0.3, 0.4) is 0 Å². The monoisotopic (exact) mass is 102 g/mol. The number of aliphatic hydroxyl groups excluding tert-OH is 2. The average Bonchev–Trinajstić information content (AvgIpc) is 1.61. The number of rotatable bonds is 2. The summed E-state index contributed by atoms with van der Waals surface area (Å²) in [6.07, 6.45) is 2.62. The highest BCUT2D eigenvalue weighted by Crippen LogP contribution is 1.87.